The van der Waals surface area contributed by atoms with Crippen molar-refractivity contribution in [2.24, 2.45) is 5.92 Å². The molecule has 106 valence electrons. The van der Waals surface area contributed by atoms with E-state index in [1.807, 2.05) is 13.2 Å². The molecule has 0 radical (unpaired) electrons. The van der Waals surface area contributed by atoms with Gasteiger partial charge in [0.15, 0.2) is 5.82 Å². The quantitative estimate of drug-likeness (QED) is 0.854. The standard InChI is InChI=1S/C12H13ClN4OS2/c1-7(6-19-2)11(18)16-12-15-10(17-20-12)8-4-3-5-14-9(8)13/h3-5,7H,6H2,1-2H3,(H,15,16,17,18). The predicted octanol–water partition coefficient (Wildman–Crippen LogP) is 3.19. The van der Waals surface area contributed by atoms with Crippen molar-refractivity contribution in [3.63, 3.8) is 0 Å². The van der Waals surface area contributed by atoms with Gasteiger partial charge in [-0.25, -0.2) is 4.98 Å². The number of amides is 1. The average molecular weight is 329 g/mol. The fraction of sp³-hybridized carbons (Fsp3) is 0.333. The van der Waals surface area contributed by atoms with E-state index >= 15 is 0 Å². The van der Waals surface area contributed by atoms with Crippen LogP contribution in [0.5, 0.6) is 0 Å². The first kappa shape index (κ1) is 15.2. The van der Waals surface area contributed by atoms with Crippen LogP contribution in [0.3, 0.4) is 0 Å². The second kappa shape index (κ2) is 7.01. The highest BCUT2D eigenvalue weighted by molar-refractivity contribution is 7.98. The Labute approximate surface area is 130 Å². The molecule has 5 nitrogen and oxygen atoms in total. The summed E-state index contributed by atoms with van der Waals surface area (Å²) in [5.41, 5.74) is 0.656. The number of halogens is 1. The van der Waals surface area contributed by atoms with Gasteiger partial charge < -0.3 is 5.32 Å². The third-order valence-corrected chi connectivity index (χ3v) is 4.29. The van der Waals surface area contributed by atoms with E-state index in [0.29, 0.717) is 21.7 Å². The van der Waals surface area contributed by atoms with Crippen LogP contribution in [0.25, 0.3) is 11.4 Å². The normalized spacial score (nSPS) is 12.2. The van der Waals surface area contributed by atoms with E-state index in [1.165, 1.54) is 0 Å². The maximum absolute atomic E-state index is 11.9. The van der Waals surface area contributed by atoms with Gasteiger partial charge in [-0.15, -0.1) is 0 Å². The van der Waals surface area contributed by atoms with Crippen molar-refractivity contribution in [2.45, 2.75) is 6.92 Å². The molecular formula is C12H13ClN4OS2. The summed E-state index contributed by atoms with van der Waals surface area (Å²) in [6.07, 6.45) is 3.57. The van der Waals surface area contributed by atoms with Gasteiger partial charge >= 0.3 is 0 Å². The molecule has 1 N–H and O–H groups in total. The van der Waals surface area contributed by atoms with E-state index < -0.39 is 0 Å². The van der Waals surface area contributed by atoms with E-state index in [-0.39, 0.29) is 11.8 Å². The SMILES string of the molecule is CSCC(C)C(=O)Nc1nc(-c2cccnc2Cl)ns1. The third-order valence-electron chi connectivity index (χ3n) is 2.52. The first-order valence-electron chi connectivity index (χ1n) is 5.86. The first-order valence-corrected chi connectivity index (χ1v) is 8.40. The largest absolute Gasteiger partial charge is 0.300 e. The monoisotopic (exact) mass is 328 g/mol. The molecule has 20 heavy (non-hydrogen) atoms. The summed E-state index contributed by atoms with van der Waals surface area (Å²) in [6.45, 7) is 1.88. The van der Waals surface area contributed by atoms with Crippen LogP contribution in [0.4, 0.5) is 5.13 Å². The Morgan fingerprint density at radius 2 is 2.40 bits per heavy atom. The third kappa shape index (κ3) is 3.68. The number of anilines is 1. The molecule has 8 heteroatoms. The molecule has 2 aromatic heterocycles. The van der Waals surface area contributed by atoms with E-state index in [2.05, 4.69) is 19.7 Å². The van der Waals surface area contributed by atoms with Gasteiger partial charge in [0.1, 0.15) is 5.15 Å². The number of nitrogens with zero attached hydrogens (tertiary/aromatic N) is 3. The van der Waals surface area contributed by atoms with Crippen molar-refractivity contribution in [3.8, 4) is 11.4 Å². The molecule has 1 atom stereocenters. The van der Waals surface area contributed by atoms with Crippen molar-refractivity contribution < 1.29 is 4.79 Å². The smallest absolute Gasteiger partial charge is 0.229 e. The van der Waals surface area contributed by atoms with Gasteiger partial charge in [-0.1, -0.05) is 18.5 Å². The number of nitrogens with one attached hydrogen (secondary N) is 1. The summed E-state index contributed by atoms with van der Waals surface area (Å²) < 4.78 is 4.19. The second-order valence-corrected chi connectivity index (χ2v) is 6.13. The zero-order valence-corrected chi connectivity index (χ0v) is 13.3. The van der Waals surface area contributed by atoms with Gasteiger partial charge in [-0.3, -0.25) is 4.79 Å². The highest BCUT2D eigenvalue weighted by Crippen LogP contribution is 2.26. The van der Waals surface area contributed by atoms with Gasteiger partial charge in [0.2, 0.25) is 11.0 Å². The van der Waals surface area contributed by atoms with Crippen LogP contribution in [0, 0.1) is 5.92 Å². The molecule has 2 aromatic rings. The fourth-order valence-corrected chi connectivity index (χ4v) is 2.93. The Morgan fingerprint density at radius 1 is 1.60 bits per heavy atom. The number of thioether (sulfide) groups is 1. The molecule has 0 fully saturated rings. The zero-order valence-electron chi connectivity index (χ0n) is 11.0. The van der Waals surface area contributed by atoms with Gasteiger partial charge in [-0.05, 0) is 18.4 Å². The van der Waals surface area contributed by atoms with Crippen LogP contribution in [0.1, 0.15) is 6.92 Å². The predicted molar refractivity (Wildman–Crippen MR) is 84.3 cm³/mol. The summed E-state index contributed by atoms with van der Waals surface area (Å²) >= 11 is 8.75. The van der Waals surface area contributed by atoms with Crippen LogP contribution in [-0.2, 0) is 4.79 Å². The van der Waals surface area contributed by atoms with Crippen molar-refractivity contribution in [1.29, 1.82) is 0 Å². The molecule has 0 aliphatic heterocycles. The fourth-order valence-electron chi connectivity index (χ4n) is 1.49. The van der Waals surface area contributed by atoms with Crippen LogP contribution in [0.15, 0.2) is 18.3 Å². The minimum absolute atomic E-state index is 0.0562. The van der Waals surface area contributed by atoms with Crippen LogP contribution in [-0.4, -0.2) is 32.3 Å². The summed E-state index contributed by atoms with van der Waals surface area (Å²) in [7, 11) is 0. The number of aromatic nitrogens is 3. The molecular weight excluding hydrogens is 316 g/mol. The van der Waals surface area contributed by atoms with Gasteiger partial charge in [-0.2, -0.15) is 21.1 Å². The Morgan fingerprint density at radius 3 is 3.10 bits per heavy atom. The van der Waals surface area contributed by atoms with E-state index in [1.54, 1.807) is 30.1 Å². The molecule has 0 saturated heterocycles. The Hall–Kier alpha value is -1.18. The minimum atomic E-state index is -0.0701. The Kier molecular flexibility index (Phi) is 5.33. The van der Waals surface area contributed by atoms with Crippen molar-refractivity contribution in [1.82, 2.24) is 14.3 Å². The zero-order chi connectivity index (χ0) is 14.5. The van der Waals surface area contributed by atoms with Crippen LogP contribution in [0.2, 0.25) is 5.15 Å². The summed E-state index contributed by atoms with van der Waals surface area (Å²) in [4.78, 5) is 20.1. The molecule has 0 aliphatic carbocycles. The summed E-state index contributed by atoms with van der Waals surface area (Å²) in [5.74, 6) is 1.12. The highest BCUT2D eigenvalue weighted by Gasteiger charge is 2.16. The summed E-state index contributed by atoms with van der Waals surface area (Å²) in [6, 6.07) is 3.56. The lowest BCUT2D eigenvalue weighted by Gasteiger charge is -2.07. The van der Waals surface area contributed by atoms with Crippen molar-refractivity contribution in [2.75, 3.05) is 17.3 Å². The first-order chi connectivity index (χ1) is 9.61. The maximum atomic E-state index is 11.9. The maximum Gasteiger partial charge on any atom is 0.229 e. The number of rotatable bonds is 5. The Bertz CT molecular complexity index is 605. The minimum Gasteiger partial charge on any atom is -0.300 e. The number of pyridine rings is 1. The highest BCUT2D eigenvalue weighted by atomic mass is 35.5. The van der Waals surface area contributed by atoms with Crippen molar-refractivity contribution >= 4 is 45.9 Å². The van der Waals surface area contributed by atoms with Gasteiger partial charge in [0, 0.05) is 29.4 Å². The molecule has 2 rings (SSSR count). The Balaban J connectivity index is 2.10. The second-order valence-electron chi connectivity index (χ2n) is 4.11. The molecule has 0 aromatic carbocycles. The van der Waals surface area contributed by atoms with E-state index in [0.717, 1.165) is 17.3 Å². The lowest BCUT2D eigenvalue weighted by Crippen LogP contribution is -2.21. The molecule has 0 saturated carbocycles. The van der Waals surface area contributed by atoms with Crippen LogP contribution < -0.4 is 5.32 Å². The van der Waals surface area contributed by atoms with Crippen LogP contribution >= 0.6 is 34.9 Å². The average Bonchev–Trinajstić information content (AvgIpc) is 2.87. The number of hydrogen-bond acceptors (Lipinski definition) is 6. The molecule has 1 unspecified atom stereocenters. The number of hydrogen-bond donors (Lipinski definition) is 1. The topological polar surface area (TPSA) is 67.8 Å². The van der Waals surface area contributed by atoms with E-state index in [9.17, 15) is 4.79 Å². The molecule has 2 heterocycles. The van der Waals surface area contributed by atoms with Gasteiger partial charge in [0.05, 0.1) is 5.56 Å². The number of carbonyl (C=O) groups is 1. The molecule has 1 amide bonds. The lowest BCUT2D eigenvalue weighted by molar-refractivity contribution is -0.118. The van der Waals surface area contributed by atoms with Gasteiger partial charge in [0.25, 0.3) is 0 Å². The molecule has 0 spiro atoms. The summed E-state index contributed by atoms with van der Waals surface area (Å²) in [5, 5.41) is 3.58. The lowest BCUT2D eigenvalue weighted by atomic mass is 10.2. The van der Waals surface area contributed by atoms with E-state index in [4.69, 9.17) is 11.6 Å². The molecule has 0 bridgehead atoms. The van der Waals surface area contributed by atoms with Crippen molar-refractivity contribution in [3.05, 3.63) is 23.5 Å². The number of carbonyl (C=O) groups excluding carboxylic acids is 1. The molecule has 0 aliphatic rings.